The van der Waals surface area contributed by atoms with Gasteiger partial charge in [0, 0.05) is 11.8 Å². The Balaban J connectivity index is 2.25. The molecule has 0 spiro atoms. The van der Waals surface area contributed by atoms with E-state index in [0.29, 0.717) is 6.04 Å². The Morgan fingerprint density at radius 3 is 2.71 bits per heavy atom. The van der Waals surface area contributed by atoms with Crippen molar-refractivity contribution in [2.75, 3.05) is 12.3 Å². The van der Waals surface area contributed by atoms with E-state index in [4.69, 9.17) is 4.55 Å². The van der Waals surface area contributed by atoms with Crippen LogP contribution in [0.15, 0.2) is 30.3 Å². The first-order valence-corrected chi connectivity index (χ1v) is 5.83. The van der Waals surface area contributed by atoms with E-state index in [-0.39, 0.29) is 0 Å². The summed E-state index contributed by atoms with van der Waals surface area (Å²) in [5.41, 5.74) is 1.31. The molecule has 0 bridgehead atoms. The third-order valence-corrected chi connectivity index (χ3v) is 2.63. The molecule has 1 aromatic carbocycles. The largest absolute Gasteiger partial charge is 0.330 e. The van der Waals surface area contributed by atoms with Crippen molar-refractivity contribution in [3.8, 4) is 0 Å². The van der Waals surface area contributed by atoms with Crippen LogP contribution in [0.3, 0.4) is 0 Å². The maximum atomic E-state index is 8.54. The quantitative estimate of drug-likeness (QED) is 0.560. The predicted octanol–water partition coefficient (Wildman–Crippen LogP) is 2.93. The molecule has 1 unspecified atom stereocenters. The second-order valence-electron chi connectivity index (χ2n) is 3.27. The molecule has 1 rings (SSSR count). The van der Waals surface area contributed by atoms with Crippen LogP contribution in [-0.4, -0.2) is 16.9 Å². The van der Waals surface area contributed by atoms with Gasteiger partial charge in [0.15, 0.2) is 0 Å². The summed E-state index contributed by atoms with van der Waals surface area (Å²) < 4.78 is 8.54. The van der Waals surface area contributed by atoms with E-state index >= 15 is 0 Å². The molecular formula is C11H17NOS. The van der Waals surface area contributed by atoms with E-state index in [1.54, 1.807) is 0 Å². The van der Waals surface area contributed by atoms with Crippen molar-refractivity contribution >= 4 is 12.0 Å². The maximum absolute atomic E-state index is 8.54. The van der Waals surface area contributed by atoms with Gasteiger partial charge in [0.05, 0.1) is 0 Å². The van der Waals surface area contributed by atoms with Crippen molar-refractivity contribution in [1.29, 1.82) is 0 Å². The lowest BCUT2D eigenvalue weighted by molar-refractivity contribution is 0.569. The lowest BCUT2D eigenvalue weighted by Gasteiger charge is -2.13. The van der Waals surface area contributed by atoms with Gasteiger partial charge in [-0.2, -0.15) is 0 Å². The third-order valence-electron chi connectivity index (χ3n) is 2.16. The zero-order valence-corrected chi connectivity index (χ0v) is 9.26. The SMILES string of the molecule is CC(NCCCSO)c1ccccc1. The van der Waals surface area contributed by atoms with Crippen molar-refractivity contribution in [3.05, 3.63) is 35.9 Å². The normalized spacial score (nSPS) is 12.7. The van der Waals surface area contributed by atoms with Crippen molar-refractivity contribution in [2.24, 2.45) is 0 Å². The molecule has 78 valence electrons. The maximum Gasteiger partial charge on any atom is 0.0291 e. The molecule has 3 heteroatoms. The minimum atomic E-state index is 0.389. The molecule has 0 radical (unpaired) electrons. The van der Waals surface area contributed by atoms with Gasteiger partial charge in [0.1, 0.15) is 0 Å². The van der Waals surface area contributed by atoms with Gasteiger partial charge in [-0.1, -0.05) is 30.3 Å². The second kappa shape index (κ2) is 6.87. The minimum absolute atomic E-state index is 0.389. The van der Waals surface area contributed by atoms with Crippen LogP contribution in [-0.2, 0) is 0 Å². The van der Waals surface area contributed by atoms with E-state index in [0.717, 1.165) is 30.8 Å². The standard InChI is InChI=1S/C11H17NOS/c1-10(12-8-5-9-14-13)11-6-3-2-4-7-11/h2-4,6-7,10,12-13H,5,8-9H2,1H3. The summed E-state index contributed by atoms with van der Waals surface area (Å²) in [6.45, 7) is 3.10. The summed E-state index contributed by atoms with van der Waals surface area (Å²) in [5.74, 6) is 0.800. The average Bonchev–Trinajstić information content (AvgIpc) is 2.25. The van der Waals surface area contributed by atoms with Gasteiger partial charge >= 0.3 is 0 Å². The van der Waals surface area contributed by atoms with E-state index < -0.39 is 0 Å². The summed E-state index contributed by atoms with van der Waals surface area (Å²) in [6.07, 6.45) is 0.998. The molecule has 0 heterocycles. The summed E-state index contributed by atoms with van der Waals surface area (Å²) in [5, 5.41) is 3.41. The Labute approximate surface area is 89.9 Å². The smallest absolute Gasteiger partial charge is 0.0291 e. The Hall–Kier alpha value is -0.510. The topological polar surface area (TPSA) is 32.3 Å². The fourth-order valence-corrected chi connectivity index (χ4v) is 1.59. The number of hydrogen-bond donors (Lipinski definition) is 2. The fraction of sp³-hybridized carbons (Fsp3) is 0.455. The highest BCUT2D eigenvalue weighted by Gasteiger charge is 2.01. The van der Waals surface area contributed by atoms with E-state index in [1.165, 1.54) is 5.56 Å². The third kappa shape index (κ3) is 4.13. The molecule has 0 saturated heterocycles. The van der Waals surface area contributed by atoms with Gasteiger partial charge in [0.2, 0.25) is 0 Å². The highest BCUT2D eigenvalue weighted by molar-refractivity contribution is 7.93. The summed E-state index contributed by atoms with van der Waals surface area (Å²) in [6, 6.07) is 10.8. The average molecular weight is 211 g/mol. The molecule has 0 amide bonds. The van der Waals surface area contributed by atoms with Crippen LogP contribution in [0.1, 0.15) is 24.9 Å². The van der Waals surface area contributed by atoms with Crippen LogP contribution in [0.25, 0.3) is 0 Å². The number of hydrogen-bond acceptors (Lipinski definition) is 3. The molecular weight excluding hydrogens is 194 g/mol. The van der Waals surface area contributed by atoms with Crippen LogP contribution in [0.5, 0.6) is 0 Å². The van der Waals surface area contributed by atoms with Crippen molar-refractivity contribution < 1.29 is 4.55 Å². The summed E-state index contributed by atoms with van der Waals surface area (Å²) >= 11 is 0.909. The monoisotopic (exact) mass is 211 g/mol. The summed E-state index contributed by atoms with van der Waals surface area (Å²) in [7, 11) is 0. The molecule has 0 aliphatic heterocycles. The van der Waals surface area contributed by atoms with Crippen LogP contribution < -0.4 is 5.32 Å². The van der Waals surface area contributed by atoms with Gasteiger partial charge in [-0.25, -0.2) is 0 Å². The Kier molecular flexibility index (Phi) is 5.68. The van der Waals surface area contributed by atoms with Crippen LogP contribution >= 0.6 is 12.0 Å². The first kappa shape index (κ1) is 11.6. The van der Waals surface area contributed by atoms with Crippen LogP contribution in [0, 0.1) is 0 Å². The fourth-order valence-electron chi connectivity index (χ4n) is 1.31. The minimum Gasteiger partial charge on any atom is -0.330 e. The molecule has 2 N–H and O–H groups in total. The number of nitrogens with one attached hydrogen (secondary N) is 1. The van der Waals surface area contributed by atoms with Gasteiger partial charge < -0.3 is 9.87 Å². The zero-order chi connectivity index (χ0) is 10.2. The molecule has 0 fully saturated rings. The molecule has 14 heavy (non-hydrogen) atoms. The lowest BCUT2D eigenvalue weighted by Crippen LogP contribution is -2.20. The number of benzene rings is 1. The van der Waals surface area contributed by atoms with Gasteiger partial charge in [-0.3, -0.25) is 0 Å². The Morgan fingerprint density at radius 1 is 1.36 bits per heavy atom. The molecule has 0 aliphatic rings. The molecule has 0 aliphatic carbocycles. The number of rotatable bonds is 6. The van der Waals surface area contributed by atoms with Crippen LogP contribution in [0.4, 0.5) is 0 Å². The molecule has 1 atom stereocenters. The first-order chi connectivity index (χ1) is 6.84. The highest BCUT2D eigenvalue weighted by atomic mass is 32.2. The first-order valence-electron chi connectivity index (χ1n) is 4.89. The van der Waals surface area contributed by atoms with Crippen molar-refractivity contribution in [3.63, 3.8) is 0 Å². The van der Waals surface area contributed by atoms with Gasteiger partial charge in [-0.15, -0.1) is 0 Å². The molecule has 1 aromatic rings. The Morgan fingerprint density at radius 2 is 2.07 bits per heavy atom. The van der Waals surface area contributed by atoms with Crippen LogP contribution in [0.2, 0.25) is 0 Å². The summed E-state index contributed by atoms with van der Waals surface area (Å²) in [4.78, 5) is 0. The predicted molar refractivity (Wildman–Crippen MR) is 62.6 cm³/mol. The lowest BCUT2D eigenvalue weighted by atomic mass is 10.1. The molecule has 0 saturated carbocycles. The van der Waals surface area contributed by atoms with E-state index in [9.17, 15) is 0 Å². The van der Waals surface area contributed by atoms with Gasteiger partial charge in [0.25, 0.3) is 0 Å². The van der Waals surface area contributed by atoms with E-state index in [2.05, 4.69) is 36.5 Å². The van der Waals surface area contributed by atoms with Gasteiger partial charge in [-0.05, 0) is 37.5 Å². The highest BCUT2D eigenvalue weighted by Crippen LogP contribution is 2.10. The Bertz CT molecular complexity index is 240. The molecule has 2 nitrogen and oxygen atoms in total. The molecule has 0 aromatic heterocycles. The van der Waals surface area contributed by atoms with Crippen molar-refractivity contribution in [1.82, 2.24) is 5.32 Å². The second-order valence-corrected chi connectivity index (χ2v) is 3.94. The zero-order valence-electron chi connectivity index (χ0n) is 8.44. The van der Waals surface area contributed by atoms with E-state index in [1.807, 2.05) is 6.07 Å². The van der Waals surface area contributed by atoms with Crippen molar-refractivity contribution in [2.45, 2.75) is 19.4 Å².